The van der Waals surface area contributed by atoms with E-state index in [1.165, 1.54) is 11.1 Å². The summed E-state index contributed by atoms with van der Waals surface area (Å²) in [6, 6.07) is 6.50. The number of amides is 1. The van der Waals surface area contributed by atoms with Gasteiger partial charge in [-0.3, -0.25) is 4.79 Å². The SMILES string of the molecule is CC(C)(C)c1ccc2c(c1)CCN2C(=O)CCCN.Cl. The van der Waals surface area contributed by atoms with Crippen LogP contribution in [-0.2, 0) is 16.6 Å². The summed E-state index contributed by atoms with van der Waals surface area (Å²) in [7, 11) is 0. The molecule has 20 heavy (non-hydrogen) atoms. The van der Waals surface area contributed by atoms with E-state index >= 15 is 0 Å². The molecule has 3 nitrogen and oxygen atoms in total. The molecule has 1 heterocycles. The molecule has 2 N–H and O–H groups in total. The normalized spacial score (nSPS) is 13.9. The summed E-state index contributed by atoms with van der Waals surface area (Å²) >= 11 is 0. The van der Waals surface area contributed by atoms with Crippen molar-refractivity contribution >= 4 is 24.0 Å². The van der Waals surface area contributed by atoms with Crippen molar-refractivity contribution in [3.63, 3.8) is 0 Å². The van der Waals surface area contributed by atoms with Crippen molar-refractivity contribution < 1.29 is 4.79 Å². The van der Waals surface area contributed by atoms with Crippen molar-refractivity contribution in [1.82, 2.24) is 0 Å². The molecular weight excluding hydrogens is 272 g/mol. The van der Waals surface area contributed by atoms with Crippen molar-refractivity contribution in [1.29, 1.82) is 0 Å². The molecule has 112 valence electrons. The topological polar surface area (TPSA) is 46.3 Å². The molecule has 0 unspecified atom stereocenters. The highest BCUT2D eigenvalue weighted by Gasteiger charge is 2.25. The fourth-order valence-electron chi connectivity index (χ4n) is 2.52. The van der Waals surface area contributed by atoms with Gasteiger partial charge in [0.2, 0.25) is 5.91 Å². The van der Waals surface area contributed by atoms with E-state index in [0.717, 1.165) is 25.1 Å². The first-order valence-electron chi connectivity index (χ1n) is 7.07. The lowest BCUT2D eigenvalue weighted by atomic mass is 9.86. The largest absolute Gasteiger partial charge is 0.330 e. The van der Waals surface area contributed by atoms with Crippen LogP contribution in [0.3, 0.4) is 0 Å². The predicted molar refractivity (Wildman–Crippen MR) is 86.7 cm³/mol. The van der Waals surface area contributed by atoms with E-state index in [0.29, 0.717) is 13.0 Å². The summed E-state index contributed by atoms with van der Waals surface area (Å²) in [6.07, 6.45) is 2.29. The van der Waals surface area contributed by atoms with E-state index in [9.17, 15) is 4.79 Å². The number of hydrogen-bond donors (Lipinski definition) is 1. The highest BCUT2D eigenvalue weighted by molar-refractivity contribution is 5.95. The number of fused-ring (bicyclic) bond motifs is 1. The Morgan fingerprint density at radius 3 is 2.65 bits per heavy atom. The van der Waals surface area contributed by atoms with Crippen LogP contribution >= 0.6 is 12.4 Å². The third-order valence-electron chi connectivity index (χ3n) is 3.74. The van der Waals surface area contributed by atoms with E-state index in [1.807, 2.05) is 4.90 Å². The Morgan fingerprint density at radius 1 is 1.35 bits per heavy atom. The minimum absolute atomic E-state index is 0. The molecule has 0 bridgehead atoms. The van der Waals surface area contributed by atoms with Gasteiger partial charge in [0.25, 0.3) is 0 Å². The second kappa shape index (κ2) is 6.59. The lowest BCUT2D eigenvalue weighted by Crippen LogP contribution is -2.29. The van der Waals surface area contributed by atoms with Crippen molar-refractivity contribution in [2.24, 2.45) is 5.73 Å². The fraction of sp³-hybridized carbons (Fsp3) is 0.562. The average Bonchev–Trinajstić information content (AvgIpc) is 2.77. The Morgan fingerprint density at radius 2 is 2.05 bits per heavy atom. The number of carbonyl (C=O) groups excluding carboxylic acids is 1. The second-order valence-electron chi connectivity index (χ2n) is 6.28. The Kier molecular flexibility index (Phi) is 5.60. The van der Waals surface area contributed by atoms with Gasteiger partial charge in [-0.2, -0.15) is 0 Å². The lowest BCUT2D eigenvalue weighted by Gasteiger charge is -2.21. The molecule has 0 spiro atoms. The first-order chi connectivity index (χ1) is 8.93. The van der Waals surface area contributed by atoms with Crippen molar-refractivity contribution in [2.75, 3.05) is 18.0 Å². The van der Waals surface area contributed by atoms with Crippen LogP contribution in [0, 0.1) is 0 Å². The van der Waals surface area contributed by atoms with E-state index in [4.69, 9.17) is 5.73 Å². The number of nitrogens with zero attached hydrogens (tertiary/aromatic N) is 1. The molecule has 0 saturated carbocycles. The lowest BCUT2D eigenvalue weighted by molar-refractivity contribution is -0.118. The maximum absolute atomic E-state index is 12.1. The van der Waals surface area contributed by atoms with Gasteiger partial charge in [0, 0.05) is 18.7 Å². The number of nitrogens with two attached hydrogens (primary N) is 1. The Labute approximate surface area is 127 Å². The first-order valence-corrected chi connectivity index (χ1v) is 7.07. The highest BCUT2D eigenvalue weighted by Crippen LogP contribution is 2.33. The Bertz CT molecular complexity index is 480. The number of rotatable bonds is 3. The maximum atomic E-state index is 12.1. The Balaban J connectivity index is 0.00000200. The number of carbonyl (C=O) groups is 1. The fourth-order valence-corrected chi connectivity index (χ4v) is 2.52. The minimum Gasteiger partial charge on any atom is -0.330 e. The third kappa shape index (κ3) is 3.53. The zero-order valence-electron chi connectivity index (χ0n) is 12.6. The minimum atomic E-state index is 0. The number of hydrogen-bond acceptors (Lipinski definition) is 2. The zero-order chi connectivity index (χ0) is 14.0. The molecule has 0 fully saturated rings. The van der Waals surface area contributed by atoms with E-state index < -0.39 is 0 Å². The predicted octanol–water partition coefficient (Wildman–Crippen LogP) is 3.03. The van der Waals surface area contributed by atoms with Gasteiger partial charge in [-0.05, 0) is 42.0 Å². The van der Waals surface area contributed by atoms with Crippen LogP contribution in [0.2, 0.25) is 0 Å². The molecule has 4 heteroatoms. The highest BCUT2D eigenvalue weighted by atomic mass is 35.5. The van der Waals surface area contributed by atoms with Crippen LogP contribution in [0.15, 0.2) is 18.2 Å². The molecule has 1 aromatic rings. The molecule has 1 amide bonds. The molecule has 2 rings (SSSR count). The standard InChI is InChI=1S/C16H24N2O.ClH/c1-16(2,3)13-6-7-14-12(11-13)8-10-18(14)15(19)5-4-9-17;/h6-7,11H,4-5,8-10,17H2,1-3H3;1H. The molecule has 1 aliphatic rings. The van der Waals surface area contributed by atoms with Gasteiger partial charge in [-0.1, -0.05) is 32.9 Å². The van der Waals surface area contributed by atoms with E-state index in [1.54, 1.807) is 0 Å². The van der Waals surface area contributed by atoms with Crippen LogP contribution in [0.1, 0.15) is 44.7 Å². The van der Waals surface area contributed by atoms with Crippen LogP contribution in [0.4, 0.5) is 5.69 Å². The van der Waals surface area contributed by atoms with Gasteiger partial charge in [-0.15, -0.1) is 12.4 Å². The summed E-state index contributed by atoms with van der Waals surface area (Å²) in [4.78, 5) is 14.0. The molecule has 1 aromatic carbocycles. The van der Waals surface area contributed by atoms with Crippen molar-refractivity contribution in [3.8, 4) is 0 Å². The summed E-state index contributed by atoms with van der Waals surface area (Å²) in [5, 5.41) is 0. The number of benzene rings is 1. The summed E-state index contributed by atoms with van der Waals surface area (Å²) in [6.45, 7) is 8.04. The van der Waals surface area contributed by atoms with Crippen LogP contribution in [-0.4, -0.2) is 19.0 Å². The van der Waals surface area contributed by atoms with Crippen LogP contribution in [0.5, 0.6) is 0 Å². The molecule has 1 aliphatic heterocycles. The quantitative estimate of drug-likeness (QED) is 0.932. The van der Waals surface area contributed by atoms with Gasteiger partial charge >= 0.3 is 0 Å². The van der Waals surface area contributed by atoms with Crippen LogP contribution < -0.4 is 10.6 Å². The summed E-state index contributed by atoms with van der Waals surface area (Å²) < 4.78 is 0. The van der Waals surface area contributed by atoms with E-state index in [2.05, 4.69) is 39.0 Å². The van der Waals surface area contributed by atoms with Gasteiger partial charge < -0.3 is 10.6 Å². The molecule has 0 aliphatic carbocycles. The molecular formula is C16H25ClN2O. The first kappa shape index (κ1) is 17.0. The maximum Gasteiger partial charge on any atom is 0.227 e. The smallest absolute Gasteiger partial charge is 0.227 e. The Hall–Kier alpha value is -1.06. The average molecular weight is 297 g/mol. The number of anilines is 1. The summed E-state index contributed by atoms with van der Waals surface area (Å²) in [5.74, 6) is 0.202. The number of halogens is 1. The third-order valence-corrected chi connectivity index (χ3v) is 3.74. The molecule has 0 saturated heterocycles. The van der Waals surface area contributed by atoms with E-state index in [-0.39, 0.29) is 23.7 Å². The monoisotopic (exact) mass is 296 g/mol. The van der Waals surface area contributed by atoms with Crippen molar-refractivity contribution in [2.45, 2.75) is 45.4 Å². The molecule has 0 atom stereocenters. The van der Waals surface area contributed by atoms with Gasteiger partial charge in [-0.25, -0.2) is 0 Å². The zero-order valence-corrected chi connectivity index (χ0v) is 13.4. The summed E-state index contributed by atoms with van der Waals surface area (Å²) in [5.41, 5.74) is 9.35. The molecule has 0 radical (unpaired) electrons. The van der Waals surface area contributed by atoms with Crippen molar-refractivity contribution in [3.05, 3.63) is 29.3 Å². The van der Waals surface area contributed by atoms with Gasteiger partial charge in [0.15, 0.2) is 0 Å². The van der Waals surface area contributed by atoms with Gasteiger partial charge in [0.05, 0.1) is 0 Å². The van der Waals surface area contributed by atoms with Gasteiger partial charge in [0.1, 0.15) is 0 Å². The molecule has 0 aromatic heterocycles. The van der Waals surface area contributed by atoms with Crippen LogP contribution in [0.25, 0.3) is 0 Å². The second-order valence-corrected chi connectivity index (χ2v) is 6.28.